The first-order valence-corrected chi connectivity index (χ1v) is 10.2. The van der Waals surface area contributed by atoms with Gasteiger partial charge in [0.25, 0.3) is 0 Å². The third-order valence-electron chi connectivity index (χ3n) is 4.24. The minimum absolute atomic E-state index is 0.729. The molecule has 0 radical (unpaired) electrons. The third kappa shape index (κ3) is 8.75. The Kier molecular flexibility index (Phi) is 10.2. The van der Waals surface area contributed by atoms with E-state index in [1.54, 1.807) is 0 Å². The Morgan fingerprint density at radius 3 is 2.52 bits per heavy atom. The fraction of sp³-hybridized carbons (Fsp3) is 0.667. The molecule has 0 atom stereocenters. The Balaban J connectivity index is 0.000000269. The van der Waals surface area contributed by atoms with E-state index in [2.05, 4.69) is 50.7 Å². The number of morpholine rings is 1. The molecule has 25 heavy (non-hydrogen) atoms. The van der Waals surface area contributed by atoms with Gasteiger partial charge < -0.3 is 19.7 Å². The van der Waals surface area contributed by atoms with E-state index in [0.717, 1.165) is 74.1 Å². The van der Waals surface area contributed by atoms with Crippen molar-refractivity contribution in [2.24, 2.45) is 0 Å². The molecule has 1 aromatic carbocycles. The first kappa shape index (κ1) is 21.0. The van der Waals surface area contributed by atoms with Gasteiger partial charge in [-0.15, -0.1) is 12.6 Å². The molecule has 3 rings (SSSR count). The van der Waals surface area contributed by atoms with Gasteiger partial charge >= 0.3 is 0 Å². The van der Waals surface area contributed by atoms with Crippen molar-refractivity contribution >= 4 is 28.6 Å². The van der Waals surface area contributed by atoms with Gasteiger partial charge in [0.15, 0.2) is 0 Å². The maximum Gasteiger partial charge on any atom is 0.132 e. The Bertz CT molecular complexity index is 495. The molecule has 2 saturated heterocycles. The number of piperazine rings is 1. The Labute approximate surface area is 165 Å². The van der Waals surface area contributed by atoms with Crippen LogP contribution in [-0.4, -0.2) is 82.5 Å². The van der Waals surface area contributed by atoms with Gasteiger partial charge in [0, 0.05) is 55.2 Å². The highest BCUT2D eigenvalue weighted by atomic mass is 79.9. The number of likely N-dealkylation sites (N-methyl/N-ethyl adjacent to an activating group) is 1. The van der Waals surface area contributed by atoms with Crippen LogP contribution in [0.3, 0.4) is 0 Å². The van der Waals surface area contributed by atoms with Crippen LogP contribution >= 0.6 is 28.6 Å². The van der Waals surface area contributed by atoms with E-state index in [9.17, 15) is 0 Å². The summed E-state index contributed by atoms with van der Waals surface area (Å²) in [5.74, 6) is 0.850. The Hall–Kier alpha value is -0.310. The summed E-state index contributed by atoms with van der Waals surface area (Å²) in [4.78, 5) is 5.61. The zero-order chi connectivity index (χ0) is 17.9. The molecule has 142 valence electrons. The van der Waals surface area contributed by atoms with Crippen LogP contribution < -0.4 is 10.1 Å². The summed E-state index contributed by atoms with van der Waals surface area (Å²) >= 11 is 7.80. The lowest BCUT2D eigenvalue weighted by atomic mass is 10.3. The van der Waals surface area contributed by atoms with Gasteiger partial charge in [-0.1, -0.05) is 15.9 Å². The smallest absolute Gasteiger partial charge is 0.132 e. The predicted molar refractivity (Wildman–Crippen MR) is 109 cm³/mol. The molecule has 0 bridgehead atoms. The summed E-state index contributed by atoms with van der Waals surface area (Å²) < 4.78 is 12.1. The van der Waals surface area contributed by atoms with Crippen LogP contribution in [0.5, 0.6) is 5.75 Å². The number of hydrogen-bond acceptors (Lipinski definition) is 6. The van der Waals surface area contributed by atoms with E-state index < -0.39 is 0 Å². The van der Waals surface area contributed by atoms with Crippen LogP contribution in [0.4, 0.5) is 0 Å². The first-order valence-electron chi connectivity index (χ1n) is 8.96. The lowest BCUT2D eigenvalue weighted by Gasteiger charge is -2.26. The number of benzene rings is 1. The molecule has 5 nitrogen and oxygen atoms in total. The van der Waals surface area contributed by atoms with E-state index in [1.165, 1.54) is 13.1 Å². The summed E-state index contributed by atoms with van der Waals surface area (Å²) in [6, 6.07) is 5.86. The molecular weight excluding hydrogens is 402 g/mol. The van der Waals surface area contributed by atoms with Crippen molar-refractivity contribution in [3.8, 4) is 5.75 Å². The van der Waals surface area contributed by atoms with Gasteiger partial charge in [-0.05, 0) is 31.7 Å². The topological polar surface area (TPSA) is 37.0 Å². The number of hydrogen-bond donors (Lipinski definition) is 2. The van der Waals surface area contributed by atoms with E-state index in [4.69, 9.17) is 9.47 Å². The van der Waals surface area contributed by atoms with Crippen LogP contribution in [0, 0.1) is 0 Å². The highest BCUT2D eigenvalue weighted by Gasteiger charge is 2.09. The number of nitrogens with one attached hydrogen (secondary N) is 1. The first-order chi connectivity index (χ1) is 12.1. The summed E-state index contributed by atoms with van der Waals surface area (Å²) in [7, 11) is 2.15. The van der Waals surface area contributed by atoms with Crippen LogP contribution in [0.2, 0.25) is 0 Å². The van der Waals surface area contributed by atoms with E-state index in [1.807, 2.05) is 18.2 Å². The van der Waals surface area contributed by atoms with Crippen LogP contribution in [-0.2, 0) is 4.74 Å². The number of halogens is 1. The van der Waals surface area contributed by atoms with Crippen molar-refractivity contribution in [3.05, 3.63) is 22.7 Å². The largest absolute Gasteiger partial charge is 0.492 e. The standard InChI is InChI=1S/C13H18BrNO2S.C5H12N2/c14-11-2-3-12(13(18)10-11)17-7-1-4-15-5-8-16-9-6-15;1-7-4-2-6-3-5-7/h2-3,10,18H,1,4-9H2;6H,2-5H2,1H3. The van der Waals surface area contributed by atoms with Crippen molar-refractivity contribution in [2.45, 2.75) is 11.3 Å². The SMILES string of the molecule is CN1CCNCC1.Sc1cc(Br)ccc1OCCCN1CCOCC1. The van der Waals surface area contributed by atoms with Gasteiger partial charge in [0.1, 0.15) is 5.75 Å². The van der Waals surface area contributed by atoms with E-state index in [0.29, 0.717) is 0 Å². The highest BCUT2D eigenvalue weighted by Crippen LogP contribution is 2.26. The lowest BCUT2D eigenvalue weighted by molar-refractivity contribution is 0.0357. The maximum atomic E-state index is 5.73. The molecule has 2 heterocycles. The summed E-state index contributed by atoms with van der Waals surface area (Å²) in [5.41, 5.74) is 0. The molecule has 2 fully saturated rings. The zero-order valence-corrected chi connectivity index (χ0v) is 17.5. The molecule has 1 N–H and O–H groups in total. The average Bonchev–Trinajstić information content (AvgIpc) is 2.62. The van der Waals surface area contributed by atoms with Crippen LogP contribution in [0.15, 0.2) is 27.6 Å². The quantitative estimate of drug-likeness (QED) is 0.552. The number of ether oxygens (including phenoxy) is 2. The maximum absolute atomic E-state index is 5.73. The molecule has 7 heteroatoms. The van der Waals surface area contributed by atoms with Crippen molar-refractivity contribution < 1.29 is 9.47 Å². The second kappa shape index (κ2) is 12.1. The molecule has 1 aromatic rings. The molecule has 0 spiro atoms. The van der Waals surface area contributed by atoms with Crippen molar-refractivity contribution in [1.82, 2.24) is 15.1 Å². The van der Waals surface area contributed by atoms with Gasteiger partial charge in [-0.25, -0.2) is 0 Å². The predicted octanol–water partition coefficient (Wildman–Crippen LogP) is 2.36. The Morgan fingerprint density at radius 2 is 1.92 bits per heavy atom. The Morgan fingerprint density at radius 1 is 1.20 bits per heavy atom. The molecule has 2 aliphatic rings. The summed E-state index contributed by atoms with van der Waals surface area (Å²) in [6.45, 7) is 10.3. The van der Waals surface area contributed by atoms with Gasteiger partial charge in [-0.2, -0.15) is 0 Å². The number of rotatable bonds is 5. The average molecular weight is 432 g/mol. The van der Waals surface area contributed by atoms with Crippen LogP contribution in [0.25, 0.3) is 0 Å². The van der Waals surface area contributed by atoms with Crippen molar-refractivity contribution in [1.29, 1.82) is 0 Å². The number of thiol groups is 1. The molecule has 0 aliphatic carbocycles. The molecule has 0 aromatic heterocycles. The second-order valence-corrected chi connectivity index (χ2v) is 7.72. The fourth-order valence-corrected chi connectivity index (χ4v) is 3.50. The highest BCUT2D eigenvalue weighted by molar-refractivity contribution is 9.10. The van der Waals surface area contributed by atoms with Gasteiger partial charge in [0.05, 0.1) is 19.8 Å². The molecule has 0 amide bonds. The molecule has 0 unspecified atom stereocenters. The van der Waals surface area contributed by atoms with Crippen molar-refractivity contribution in [3.63, 3.8) is 0 Å². The van der Waals surface area contributed by atoms with E-state index >= 15 is 0 Å². The minimum atomic E-state index is 0.729. The fourth-order valence-electron chi connectivity index (χ4n) is 2.68. The molecular formula is C18H30BrN3O2S. The minimum Gasteiger partial charge on any atom is -0.492 e. The second-order valence-electron chi connectivity index (χ2n) is 6.32. The summed E-state index contributed by atoms with van der Waals surface area (Å²) in [6.07, 6.45) is 1.03. The normalized spacial score (nSPS) is 19.2. The van der Waals surface area contributed by atoms with Crippen LogP contribution in [0.1, 0.15) is 6.42 Å². The number of nitrogens with zero attached hydrogens (tertiary/aromatic N) is 2. The third-order valence-corrected chi connectivity index (χ3v) is 5.08. The summed E-state index contributed by atoms with van der Waals surface area (Å²) in [5, 5.41) is 3.27. The van der Waals surface area contributed by atoms with Gasteiger partial charge in [0.2, 0.25) is 0 Å². The monoisotopic (exact) mass is 431 g/mol. The van der Waals surface area contributed by atoms with Gasteiger partial charge in [-0.3, -0.25) is 4.90 Å². The molecule has 0 saturated carbocycles. The lowest BCUT2D eigenvalue weighted by Crippen LogP contribution is -2.40. The zero-order valence-electron chi connectivity index (χ0n) is 15.0. The van der Waals surface area contributed by atoms with Crippen molar-refractivity contribution in [2.75, 3.05) is 72.7 Å². The van der Waals surface area contributed by atoms with E-state index in [-0.39, 0.29) is 0 Å². The molecule has 2 aliphatic heterocycles.